The predicted molar refractivity (Wildman–Crippen MR) is 75.9 cm³/mol. The Kier molecular flexibility index (Phi) is 5.15. The fourth-order valence-corrected chi connectivity index (χ4v) is 2.87. The molecule has 0 aliphatic heterocycles. The number of benzene rings is 1. The zero-order chi connectivity index (χ0) is 13.0. The van der Waals surface area contributed by atoms with Gasteiger partial charge in [-0.25, -0.2) is 4.39 Å². The fourth-order valence-electron chi connectivity index (χ4n) is 2.35. The van der Waals surface area contributed by atoms with E-state index in [0.29, 0.717) is 6.54 Å². The molecule has 1 unspecified atom stereocenters. The van der Waals surface area contributed by atoms with Crippen LogP contribution in [0, 0.1) is 11.7 Å². The summed E-state index contributed by atoms with van der Waals surface area (Å²) in [7, 11) is 0. The zero-order valence-corrected chi connectivity index (χ0v) is 12.0. The van der Waals surface area contributed by atoms with Gasteiger partial charge in [-0.05, 0) is 42.6 Å². The van der Waals surface area contributed by atoms with Crippen LogP contribution < -0.4 is 11.1 Å². The second kappa shape index (κ2) is 6.64. The number of hydrogen-bond donors (Lipinski definition) is 2. The van der Waals surface area contributed by atoms with Gasteiger partial charge in [0.15, 0.2) is 0 Å². The fraction of sp³-hybridized carbons (Fsp3) is 0.571. The van der Waals surface area contributed by atoms with Crippen LogP contribution in [0.3, 0.4) is 0 Å². The monoisotopic (exact) mass is 314 g/mol. The zero-order valence-electron chi connectivity index (χ0n) is 10.5. The maximum atomic E-state index is 13.3. The summed E-state index contributed by atoms with van der Waals surface area (Å²) in [6, 6.07) is 4.77. The second-order valence-electron chi connectivity index (χ2n) is 4.99. The molecule has 2 rings (SSSR count). The van der Waals surface area contributed by atoms with Crippen LogP contribution in [0.25, 0.3) is 0 Å². The summed E-state index contributed by atoms with van der Waals surface area (Å²) in [5.41, 5.74) is 6.69. The summed E-state index contributed by atoms with van der Waals surface area (Å²) in [5, 5.41) is 3.43. The molecule has 4 heteroatoms. The minimum absolute atomic E-state index is 0.0233. The average molecular weight is 315 g/mol. The highest BCUT2D eigenvalue weighted by atomic mass is 79.9. The Hall–Kier alpha value is -0.450. The molecule has 1 atom stereocenters. The molecule has 1 saturated carbocycles. The van der Waals surface area contributed by atoms with E-state index in [4.69, 9.17) is 5.73 Å². The molecule has 2 nitrogen and oxygen atoms in total. The Morgan fingerprint density at radius 3 is 2.83 bits per heavy atom. The number of nitrogens with two attached hydrogens (primary N) is 1. The second-order valence-corrected chi connectivity index (χ2v) is 5.85. The molecule has 1 aliphatic carbocycles. The van der Waals surface area contributed by atoms with Crippen LogP contribution in [-0.4, -0.2) is 13.1 Å². The number of rotatable bonds is 6. The highest BCUT2D eigenvalue weighted by molar-refractivity contribution is 9.10. The van der Waals surface area contributed by atoms with Gasteiger partial charge in [-0.3, -0.25) is 0 Å². The first-order valence-electron chi connectivity index (χ1n) is 6.59. The lowest BCUT2D eigenvalue weighted by atomic mass is 9.83. The molecule has 0 bridgehead atoms. The van der Waals surface area contributed by atoms with Crippen molar-refractivity contribution in [3.05, 3.63) is 34.1 Å². The molecule has 0 saturated heterocycles. The molecular weight excluding hydrogens is 295 g/mol. The van der Waals surface area contributed by atoms with E-state index < -0.39 is 0 Å². The molecule has 1 aliphatic rings. The van der Waals surface area contributed by atoms with Gasteiger partial charge in [0.1, 0.15) is 5.82 Å². The van der Waals surface area contributed by atoms with E-state index in [0.717, 1.165) is 22.5 Å². The minimum Gasteiger partial charge on any atom is -0.329 e. The number of nitrogens with one attached hydrogen (secondary N) is 1. The number of halogens is 2. The molecule has 1 fully saturated rings. The van der Waals surface area contributed by atoms with Crippen molar-refractivity contribution >= 4 is 15.9 Å². The van der Waals surface area contributed by atoms with Gasteiger partial charge in [-0.1, -0.05) is 35.2 Å². The Balaban J connectivity index is 1.91. The third-order valence-electron chi connectivity index (χ3n) is 3.74. The Bertz CT molecular complexity index is 393. The van der Waals surface area contributed by atoms with Gasteiger partial charge < -0.3 is 11.1 Å². The lowest BCUT2D eigenvalue weighted by Crippen LogP contribution is -2.31. The molecule has 1 aromatic rings. The summed E-state index contributed by atoms with van der Waals surface area (Å²) in [6.45, 7) is 1.43. The lowest BCUT2D eigenvalue weighted by molar-refractivity contribution is 0.287. The van der Waals surface area contributed by atoms with E-state index in [1.54, 1.807) is 12.1 Å². The van der Waals surface area contributed by atoms with Crippen LogP contribution in [0.1, 0.15) is 37.3 Å². The smallest absolute Gasteiger partial charge is 0.123 e. The molecule has 100 valence electrons. The van der Waals surface area contributed by atoms with Gasteiger partial charge in [0.25, 0.3) is 0 Å². The molecule has 0 radical (unpaired) electrons. The van der Waals surface area contributed by atoms with Gasteiger partial charge in [0, 0.05) is 17.1 Å². The molecule has 3 N–H and O–H groups in total. The molecule has 18 heavy (non-hydrogen) atoms. The van der Waals surface area contributed by atoms with Crippen molar-refractivity contribution in [2.75, 3.05) is 13.1 Å². The summed E-state index contributed by atoms with van der Waals surface area (Å²) in [6.07, 6.45) is 5.29. The first-order chi connectivity index (χ1) is 8.70. The van der Waals surface area contributed by atoms with Gasteiger partial charge in [0.05, 0.1) is 0 Å². The summed E-state index contributed by atoms with van der Waals surface area (Å²) in [4.78, 5) is 0. The van der Waals surface area contributed by atoms with Crippen molar-refractivity contribution in [2.24, 2.45) is 11.7 Å². The largest absolute Gasteiger partial charge is 0.329 e. The SMILES string of the molecule is NCC(NCCC1CCC1)c1cc(F)ccc1Br. The van der Waals surface area contributed by atoms with E-state index >= 15 is 0 Å². The van der Waals surface area contributed by atoms with E-state index in [-0.39, 0.29) is 11.9 Å². The molecule has 1 aromatic carbocycles. The van der Waals surface area contributed by atoms with Gasteiger partial charge in [0.2, 0.25) is 0 Å². The van der Waals surface area contributed by atoms with Crippen molar-refractivity contribution in [3.8, 4) is 0 Å². The predicted octanol–water partition coefficient (Wildman–Crippen LogP) is 3.37. The van der Waals surface area contributed by atoms with Crippen molar-refractivity contribution in [3.63, 3.8) is 0 Å². The van der Waals surface area contributed by atoms with E-state index in [1.807, 2.05) is 0 Å². The standard InChI is InChI=1S/C14H20BrFN2/c15-13-5-4-11(16)8-12(13)14(9-17)18-7-6-10-2-1-3-10/h4-5,8,10,14,18H,1-3,6-7,9,17H2. The minimum atomic E-state index is -0.215. The van der Waals surface area contributed by atoms with Gasteiger partial charge in [-0.15, -0.1) is 0 Å². The van der Waals surface area contributed by atoms with Crippen molar-refractivity contribution in [1.29, 1.82) is 0 Å². The summed E-state index contributed by atoms with van der Waals surface area (Å²) < 4.78 is 14.2. The van der Waals surface area contributed by atoms with Crippen LogP contribution >= 0.6 is 15.9 Å². The molecule has 0 heterocycles. The molecule has 0 spiro atoms. The Morgan fingerprint density at radius 1 is 1.44 bits per heavy atom. The van der Waals surface area contributed by atoms with Gasteiger partial charge >= 0.3 is 0 Å². The van der Waals surface area contributed by atoms with E-state index in [2.05, 4.69) is 21.2 Å². The Labute approximate surface area is 116 Å². The van der Waals surface area contributed by atoms with E-state index in [9.17, 15) is 4.39 Å². The summed E-state index contributed by atoms with van der Waals surface area (Å²) in [5.74, 6) is 0.666. The highest BCUT2D eigenvalue weighted by Gasteiger charge is 2.18. The molecular formula is C14H20BrFN2. The molecule has 0 aromatic heterocycles. The maximum absolute atomic E-state index is 13.3. The van der Waals surface area contributed by atoms with Crippen LogP contribution in [0.2, 0.25) is 0 Å². The van der Waals surface area contributed by atoms with Crippen molar-refractivity contribution < 1.29 is 4.39 Å². The van der Waals surface area contributed by atoms with Crippen molar-refractivity contribution in [2.45, 2.75) is 31.7 Å². The first kappa shape index (κ1) is 14.0. The van der Waals surface area contributed by atoms with Crippen LogP contribution in [-0.2, 0) is 0 Å². The lowest BCUT2D eigenvalue weighted by Gasteiger charge is -2.26. The van der Waals surface area contributed by atoms with Gasteiger partial charge in [-0.2, -0.15) is 0 Å². The average Bonchev–Trinajstić information content (AvgIpc) is 2.31. The normalized spacial score (nSPS) is 17.5. The first-order valence-corrected chi connectivity index (χ1v) is 7.38. The van der Waals surface area contributed by atoms with Crippen LogP contribution in [0.4, 0.5) is 4.39 Å². The van der Waals surface area contributed by atoms with Crippen LogP contribution in [0.5, 0.6) is 0 Å². The summed E-state index contributed by atoms with van der Waals surface area (Å²) >= 11 is 3.46. The van der Waals surface area contributed by atoms with E-state index in [1.165, 1.54) is 31.7 Å². The Morgan fingerprint density at radius 2 is 2.22 bits per heavy atom. The van der Waals surface area contributed by atoms with Crippen LogP contribution in [0.15, 0.2) is 22.7 Å². The highest BCUT2D eigenvalue weighted by Crippen LogP contribution is 2.29. The van der Waals surface area contributed by atoms with Crippen molar-refractivity contribution in [1.82, 2.24) is 5.32 Å². The topological polar surface area (TPSA) is 38.0 Å². The quantitative estimate of drug-likeness (QED) is 0.845. The maximum Gasteiger partial charge on any atom is 0.123 e. The third kappa shape index (κ3) is 3.53. The third-order valence-corrected chi connectivity index (χ3v) is 4.46. The molecule has 0 amide bonds. The number of hydrogen-bond acceptors (Lipinski definition) is 2.